The lowest BCUT2D eigenvalue weighted by atomic mass is 10.0. The van der Waals surface area contributed by atoms with Gasteiger partial charge >= 0.3 is 0 Å². The third kappa shape index (κ3) is 2.61. The van der Waals surface area contributed by atoms with Gasteiger partial charge in [-0.25, -0.2) is 13.2 Å². The molecule has 1 atom stereocenters. The molecule has 0 saturated heterocycles. The number of Topliss-reactive ketones (excluding diaryl/α,β-unsaturated/α-hetero) is 1. The second-order valence-electron chi connectivity index (χ2n) is 3.74. The van der Waals surface area contributed by atoms with Gasteiger partial charge in [-0.15, -0.1) is 0 Å². The summed E-state index contributed by atoms with van der Waals surface area (Å²) in [4.78, 5) is 11.4. The molecule has 88 valence electrons. The van der Waals surface area contributed by atoms with E-state index in [0.29, 0.717) is 6.92 Å². The van der Waals surface area contributed by atoms with Crippen LogP contribution < -0.4 is 5.73 Å². The summed E-state index contributed by atoms with van der Waals surface area (Å²) in [5.41, 5.74) is 4.49. The van der Waals surface area contributed by atoms with Gasteiger partial charge in [-0.2, -0.15) is 0 Å². The van der Waals surface area contributed by atoms with Gasteiger partial charge in [0.15, 0.2) is 5.78 Å². The molecule has 0 fully saturated rings. The van der Waals surface area contributed by atoms with Crippen molar-refractivity contribution in [1.29, 1.82) is 0 Å². The molecule has 0 aliphatic heterocycles. The van der Waals surface area contributed by atoms with Crippen LogP contribution in [0.1, 0.15) is 29.8 Å². The van der Waals surface area contributed by atoms with Gasteiger partial charge in [0, 0.05) is 12.5 Å². The van der Waals surface area contributed by atoms with Crippen LogP contribution in [0.25, 0.3) is 0 Å². The number of hydrogen-bond donors (Lipinski definition) is 1. The zero-order chi connectivity index (χ0) is 12.5. The summed E-state index contributed by atoms with van der Waals surface area (Å²) < 4.78 is 39.2. The molecule has 0 saturated carbocycles. The molecule has 0 spiro atoms. The largest absolute Gasteiger partial charge is 0.321 e. The molecule has 0 aliphatic rings. The molecule has 5 heteroatoms. The average Bonchev–Trinajstić information content (AvgIpc) is 2.15. The van der Waals surface area contributed by atoms with Crippen molar-refractivity contribution < 1.29 is 18.0 Å². The monoisotopic (exact) mass is 231 g/mol. The Balaban J connectivity index is 3.25. The highest BCUT2D eigenvalue weighted by Gasteiger charge is 2.27. The van der Waals surface area contributed by atoms with Crippen LogP contribution >= 0.6 is 0 Å². The first kappa shape index (κ1) is 12.7. The molecule has 0 amide bonds. The maximum Gasteiger partial charge on any atom is 0.270 e. The van der Waals surface area contributed by atoms with Gasteiger partial charge in [0.25, 0.3) is 5.92 Å². The van der Waals surface area contributed by atoms with Gasteiger partial charge in [-0.3, -0.25) is 4.79 Å². The third-order valence-corrected chi connectivity index (χ3v) is 2.15. The van der Waals surface area contributed by atoms with E-state index in [-0.39, 0.29) is 0 Å². The maximum absolute atomic E-state index is 13.2. The fourth-order valence-electron chi connectivity index (χ4n) is 1.23. The number of carbonyl (C=O) groups excluding carboxylic acids is 1. The van der Waals surface area contributed by atoms with Crippen LogP contribution in [0.2, 0.25) is 0 Å². The van der Waals surface area contributed by atoms with Gasteiger partial charge in [0.05, 0.1) is 11.6 Å². The molecule has 0 aliphatic carbocycles. The number of carbonyl (C=O) groups is 1. The highest BCUT2D eigenvalue weighted by molar-refractivity contribution is 6.00. The summed E-state index contributed by atoms with van der Waals surface area (Å²) in [5, 5.41) is 0. The van der Waals surface area contributed by atoms with Gasteiger partial charge in [-0.1, -0.05) is 6.07 Å². The lowest BCUT2D eigenvalue weighted by Crippen LogP contribution is -2.27. The number of rotatable bonds is 3. The fraction of sp³-hybridized carbons (Fsp3) is 0.364. The molecule has 1 rings (SSSR count). The molecule has 0 heterocycles. The van der Waals surface area contributed by atoms with Crippen molar-refractivity contribution in [3.63, 3.8) is 0 Å². The van der Waals surface area contributed by atoms with Crippen molar-refractivity contribution in [2.45, 2.75) is 25.8 Å². The molecule has 2 nitrogen and oxygen atoms in total. The second kappa shape index (κ2) is 4.25. The minimum Gasteiger partial charge on any atom is -0.321 e. The lowest BCUT2D eigenvalue weighted by molar-refractivity contribution is 0.0173. The standard InChI is InChI=1S/C11H12F3NO/c1-6(15)10(16)8-5-7(11(2,13)14)3-4-9(8)12/h3-6H,15H2,1-2H3. The molecule has 0 radical (unpaired) electrons. The van der Waals surface area contributed by atoms with Crippen molar-refractivity contribution in [2.24, 2.45) is 5.73 Å². The van der Waals surface area contributed by atoms with E-state index in [1.165, 1.54) is 6.92 Å². The Morgan fingerprint density at radius 2 is 2.00 bits per heavy atom. The quantitative estimate of drug-likeness (QED) is 0.812. The molecule has 1 unspecified atom stereocenters. The van der Waals surface area contributed by atoms with E-state index in [1.807, 2.05) is 0 Å². The summed E-state index contributed by atoms with van der Waals surface area (Å²) in [7, 11) is 0. The van der Waals surface area contributed by atoms with E-state index in [9.17, 15) is 18.0 Å². The molecule has 1 aromatic carbocycles. The summed E-state index contributed by atoms with van der Waals surface area (Å²) in [6, 6.07) is 1.73. The zero-order valence-electron chi connectivity index (χ0n) is 8.93. The fourth-order valence-corrected chi connectivity index (χ4v) is 1.23. The van der Waals surface area contributed by atoms with E-state index in [1.54, 1.807) is 0 Å². The molecular formula is C11H12F3NO. The zero-order valence-corrected chi connectivity index (χ0v) is 8.93. The van der Waals surface area contributed by atoms with Gasteiger partial charge in [-0.05, 0) is 19.1 Å². The SMILES string of the molecule is CC(N)C(=O)c1cc(C(C)(F)F)ccc1F. The van der Waals surface area contributed by atoms with E-state index in [4.69, 9.17) is 5.73 Å². The first-order valence-electron chi connectivity index (χ1n) is 4.71. The van der Waals surface area contributed by atoms with Crippen LogP contribution in [-0.4, -0.2) is 11.8 Å². The number of hydrogen-bond acceptors (Lipinski definition) is 2. The van der Waals surface area contributed by atoms with Crippen LogP contribution in [0.3, 0.4) is 0 Å². The lowest BCUT2D eigenvalue weighted by Gasteiger charge is -2.13. The van der Waals surface area contributed by atoms with E-state index in [2.05, 4.69) is 0 Å². The molecular weight excluding hydrogens is 219 g/mol. The first-order chi connectivity index (χ1) is 7.23. The average molecular weight is 231 g/mol. The van der Waals surface area contributed by atoms with Gasteiger partial charge in [0.1, 0.15) is 5.82 Å². The Kier molecular flexibility index (Phi) is 3.38. The van der Waals surface area contributed by atoms with Crippen molar-refractivity contribution >= 4 is 5.78 Å². The van der Waals surface area contributed by atoms with Crippen molar-refractivity contribution in [3.05, 3.63) is 35.1 Å². The predicted molar refractivity (Wildman–Crippen MR) is 53.9 cm³/mol. The Bertz CT molecular complexity index is 410. The Morgan fingerprint density at radius 3 is 2.44 bits per heavy atom. The third-order valence-electron chi connectivity index (χ3n) is 2.15. The van der Waals surface area contributed by atoms with Crippen LogP contribution in [0.4, 0.5) is 13.2 Å². The summed E-state index contributed by atoms with van der Waals surface area (Å²) >= 11 is 0. The normalized spacial score (nSPS) is 13.6. The maximum atomic E-state index is 13.2. The minimum absolute atomic E-state index is 0.394. The number of benzene rings is 1. The van der Waals surface area contributed by atoms with Crippen LogP contribution in [0.15, 0.2) is 18.2 Å². The van der Waals surface area contributed by atoms with Crippen molar-refractivity contribution in [1.82, 2.24) is 0 Å². The Labute approximate surface area is 91.3 Å². The smallest absolute Gasteiger partial charge is 0.270 e. The topological polar surface area (TPSA) is 43.1 Å². The van der Waals surface area contributed by atoms with E-state index >= 15 is 0 Å². The number of nitrogens with two attached hydrogens (primary N) is 1. The predicted octanol–water partition coefficient (Wildman–Crippen LogP) is 2.47. The highest BCUT2D eigenvalue weighted by Crippen LogP contribution is 2.28. The summed E-state index contributed by atoms with van der Waals surface area (Å²) in [6.07, 6.45) is 0. The van der Waals surface area contributed by atoms with Crippen LogP contribution in [0, 0.1) is 5.82 Å². The highest BCUT2D eigenvalue weighted by atomic mass is 19.3. The van der Waals surface area contributed by atoms with Crippen molar-refractivity contribution in [3.8, 4) is 0 Å². The molecule has 1 aromatic rings. The molecule has 2 N–H and O–H groups in total. The first-order valence-corrected chi connectivity index (χ1v) is 4.71. The van der Waals surface area contributed by atoms with Crippen LogP contribution in [-0.2, 0) is 5.92 Å². The van der Waals surface area contributed by atoms with Gasteiger partial charge in [0.2, 0.25) is 0 Å². The summed E-state index contributed by atoms with van der Waals surface area (Å²) in [5.74, 6) is -4.64. The number of alkyl halides is 2. The Hall–Kier alpha value is -1.36. The van der Waals surface area contributed by atoms with Crippen molar-refractivity contribution in [2.75, 3.05) is 0 Å². The minimum atomic E-state index is -3.11. The second-order valence-corrected chi connectivity index (χ2v) is 3.74. The number of halogens is 3. The molecule has 0 bridgehead atoms. The number of ketones is 1. The Morgan fingerprint density at radius 1 is 1.44 bits per heavy atom. The molecule has 16 heavy (non-hydrogen) atoms. The van der Waals surface area contributed by atoms with E-state index in [0.717, 1.165) is 18.2 Å². The summed E-state index contributed by atoms with van der Waals surface area (Å²) in [6.45, 7) is 2.05. The molecule has 0 aromatic heterocycles. The van der Waals surface area contributed by atoms with Gasteiger partial charge < -0.3 is 5.73 Å². The van der Waals surface area contributed by atoms with Crippen LogP contribution in [0.5, 0.6) is 0 Å². The van der Waals surface area contributed by atoms with E-state index < -0.39 is 34.7 Å².